The van der Waals surface area contributed by atoms with Gasteiger partial charge in [0.15, 0.2) is 11.5 Å². The molecule has 7 heteroatoms. The average Bonchev–Trinajstić information content (AvgIpc) is 2.61. The van der Waals surface area contributed by atoms with Gasteiger partial charge in [0, 0.05) is 18.7 Å². The van der Waals surface area contributed by atoms with Gasteiger partial charge in [0.1, 0.15) is 19.3 Å². The van der Waals surface area contributed by atoms with Gasteiger partial charge >= 0.3 is 0 Å². The highest BCUT2D eigenvalue weighted by Gasteiger charge is 2.24. The molecule has 7 nitrogen and oxygen atoms in total. The van der Waals surface area contributed by atoms with Crippen molar-refractivity contribution in [2.75, 3.05) is 39.5 Å². The largest absolute Gasteiger partial charge is 0.486 e. The van der Waals surface area contributed by atoms with Crippen molar-refractivity contribution < 1.29 is 23.8 Å². The van der Waals surface area contributed by atoms with Crippen molar-refractivity contribution in [1.29, 1.82) is 0 Å². The Morgan fingerprint density at radius 2 is 1.78 bits per heavy atom. The summed E-state index contributed by atoms with van der Waals surface area (Å²) in [6.07, 6.45) is 0. The lowest BCUT2D eigenvalue weighted by atomic mass is 10.1. The minimum atomic E-state index is -0.589. The molecular formula is C16H20N2O5. The molecule has 0 radical (unpaired) electrons. The number of fused-ring (bicyclic) bond motifs is 1. The van der Waals surface area contributed by atoms with Gasteiger partial charge in [0.05, 0.1) is 13.2 Å². The minimum Gasteiger partial charge on any atom is -0.486 e. The van der Waals surface area contributed by atoms with Crippen molar-refractivity contribution in [3.05, 3.63) is 23.8 Å². The van der Waals surface area contributed by atoms with Crippen LogP contribution in [0.1, 0.15) is 17.3 Å². The first kappa shape index (κ1) is 15.6. The number of ether oxygens (including phenoxy) is 3. The average molecular weight is 320 g/mol. The van der Waals surface area contributed by atoms with Gasteiger partial charge in [0.2, 0.25) is 5.91 Å². The normalized spacial score (nSPS) is 18.2. The Balaban J connectivity index is 1.62. The molecule has 0 bridgehead atoms. The third-order valence-corrected chi connectivity index (χ3v) is 3.85. The van der Waals surface area contributed by atoms with E-state index < -0.39 is 6.04 Å². The zero-order chi connectivity index (χ0) is 16.2. The van der Waals surface area contributed by atoms with Crippen LogP contribution in [0, 0.1) is 0 Å². The molecule has 0 spiro atoms. The van der Waals surface area contributed by atoms with Crippen LogP contribution >= 0.6 is 0 Å². The number of benzene rings is 1. The Bertz CT molecular complexity index is 598. The molecule has 2 aliphatic heterocycles. The number of hydrogen-bond donors (Lipinski definition) is 1. The Morgan fingerprint density at radius 1 is 1.09 bits per heavy atom. The van der Waals surface area contributed by atoms with E-state index in [0.29, 0.717) is 56.6 Å². The van der Waals surface area contributed by atoms with E-state index in [9.17, 15) is 9.59 Å². The van der Waals surface area contributed by atoms with E-state index >= 15 is 0 Å². The van der Waals surface area contributed by atoms with Gasteiger partial charge in [-0.1, -0.05) is 0 Å². The van der Waals surface area contributed by atoms with Crippen LogP contribution < -0.4 is 14.8 Å². The van der Waals surface area contributed by atoms with Crippen molar-refractivity contribution in [3.8, 4) is 11.5 Å². The number of rotatable bonds is 3. The van der Waals surface area contributed by atoms with Crippen LogP contribution in [-0.4, -0.2) is 62.3 Å². The molecule has 2 aliphatic rings. The second-order valence-corrected chi connectivity index (χ2v) is 5.49. The highest BCUT2D eigenvalue weighted by molar-refractivity contribution is 5.98. The molecule has 3 rings (SSSR count). The molecule has 124 valence electrons. The molecule has 0 unspecified atom stereocenters. The fraction of sp³-hybridized carbons (Fsp3) is 0.500. The molecule has 2 heterocycles. The van der Waals surface area contributed by atoms with Gasteiger partial charge in [-0.15, -0.1) is 0 Å². The molecular weight excluding hydrogens is 300 g/mol. The zero-order valence-corrected chi connectivity index (χ0v) is 13.0. The van der Waals surface area contributed by atoms with Crippen LogP contribution in [0.15, 0.2) is 18.2 Å². The minimum absolute atomic E-state index is 0.0980. The summed E-state index contributed by atoms with van der Waals surface area (Å²) < 4.78 is 16.1. The van der Waals surface area contributed by atoms with Crippen molar-refractivity contribution in [2.24, 2.45) is 0 Å². The van der Waals surface area contributed by atoms with Crippen molar-refractivity contribution in [3.63, 3.8) is 0 Å². The van der Waals surface area contributed by atoms with E-state index in [-0.39, 0.29) is 11.8 Å². The first-order chi connectivity index (χ1) is 11.1. The summed E-state index contributed by atoms with van der Waals surface area (Å²) in [5.74, 6) is 0.775. The van der Waals surface area contributed by atoms with Gasteiger partial charge in [-0.25, -0.2) is 0 Å². The summed E-state index contributed by atoms with van der Waals surface area (Å²) in [6, 6.07) is 4.41. The van der Waals surface area contributed by atoms with Crippen LogP contribution in [0.5, 0.6) is 11.5 Å². The van der Waals surface area contributed by atoms with E-state index in [2.05, 4.69) is 5.32 Å². The molecule has 2 amide bonds. The van der Waals surface area contributed by atoms with Gasteiger partial charge in [-0.2, -0.15) is 0 Å². The predicted octanol–water partition coefficient (Wildman–Crippen LogP) is 0.435. The quantitative estimate of drug-likeness (QED) is 0.874. The standard InChI is InChI=1S/C16H20N2O5/c1-11(16(20)18-4-6-21-7-5-18)17-15(19)12-2-3-13-14(10-12)23-9-8-22-13/h2-3,10-11H,4-9H2,1H3,(H,17,19)/t11-/m1/s1. The van der Waals surface area contributed by atoms with Gasteiger partial charge in [-0.3, -0.25) is 9.59 Å². The molecule has 0 saturated carbocycles. The lowest BCUT2D eigenvalue weighted by molar-refractivity contribution is -0.136. The lowest BCUT2D eigenvalue weighted by Gasteiger charge is -2.29. The summed E-state index contributed by atoms with van der Waals surface area (Å²) in [5.41, 5.74) is 0.441. The van der Waals surface area contributed by atoms with E-state index in [1.54, 1.807) is 30.0 Å². The molecule has 1 atom stereocenters. The Morgan fingerprint density at radius 3 is 2.52 bits per heavy atom. The third kappa shape index (κ3) is 3.56. The molecule has 1 fully saturated rings. The highest BCUT2D eigenvalue weighted by atomic mass is 16.6. The first-order valence-corrected chi connectivity index (χ1v) is 7.72. The van der Waals surface area contributed by atoms with E-state index in [0.717, 1.165) is 0 Å². The Labute approximate surface area is 134 Å². The maximum atomic E-state index is 12.3. The van der Waals surface area contributed by atoms with Crippen molar-refractivity contribution in [2.45, 2.75) is 13.0 Å². The monoisotopic (exact) mass is 320 g/mol. The van der Waals surface area contributed by atoms with Crippen LogP contribution in [0.2, 0.25) is 0 Å². The van der Waals surface area contributed by atoms with Crippen LogP contribution in [0.4, 0.5) is 0 Å². The number of hydrogen-bond acceptors (Lipinski definition) is 5. The van der Waals surface area contributed by atoms with Crippen LogP contribution in [0.3, 0.4) is 0 Å². The molecule has 1 aromatic carbocycles. The molecule has 23 heavy (non-hydrogen) atoms. The van der Waals surface area contributed by atoms with Crippen LogP contribution in [-0.2, 0) is 9.53 Å². The van der Waals surface area contributed by atoms with Gasteiger partial charge < -0.3 is 24.4 Å². The number of nitrogens with one attached hydrogen (secondary N) is 1. The summed E-state index contributed by atoms with van der Waals surface area (Å²) in [5, 5.41) is 2.73. The Kier molecular flexibility index (Phi) is 4.66. The first-order valence-electron chi connectivity index (χ1n) is 7.72. The fourth-order valence-electron chi connectivity index (χ4n) is 2.58. The molecule has 1 N–H and O–H groups in total. The zero-order valence-electron chi connectivity index (χ0n) is 13.0. The summed E-state index contributed by atoms with van der Waals surface area (Å²) in [4.78, 5) is 26.3. The van der Waals surface area contributed by atoms with Crippen LogP contribution in [0.25, 0.3) is 0 Å². The number of nitrogens with zero attached hydrogens (tertiary/aromatic N) is 1. The summed E-state index contributed by atoms with van der Waals surface area (Å²) in [6.45, 7) is 4.84. The van der Waals surface area contributed by atoms with E-state index in [4.69, 9.17) is 14.2 Å². The number of carbonyl (C=O) groups is 2. The van der Waals surface area contributed by atoms with Gasteiger partial charge in [0.25, 0.3) is 5.91 Å². The molecule has 0 aromatic heterocycles. The maximum Gasteiger partial charge on any atom is 0.252 e. The predicted molar refractivity (Wildman–Crippen MR) is 81.8 cm³/mol. The summed E-state index contributed by atoms with van der Waals surface area (Å²) >= 11 is 0. The molecule has 0 aliphatic carbocycles. The SMILES string of the molecule is C[C@@H](NC(=O)c1ccc2c(c1)OCCO2)C(=O)N1CCOCC1. The Hall–Kier alpha value is -2.28. The topological polar surface area (TPSA) is 77.1 Å². The number of morpholine rings is 1. The number of carbonyl (C=O) groups excluding carboxylic acids is 2. The van der Waals surface area contributed by atoms with E-state index in [1.807, 2.05) is 0 Å². The van der Waals surface area contributed by atoms with Crippen molar-refractivity contribution >= 4 is 11.8 Å². The second kappa shape index (κ2) is 6.87. The van der Waals surface area contributed by atoms with Crippen molar-refractivity contribution in [1.82, 2.24) is 10.2 Å². The smallest absolute Gasteiger partial charge is 0.252 e. The number of amides is 2. The molecule has 1 saturated heterocycles. The summed E-state index contributed by atoms with van der Waals surface area (Å²) in [7, 11) is 0. The molecule has 1 aromatic rings. The maximum absolute atomic E-state index is 12.3. The second-order valence-electron chi connectivity index (χ2n) is 5.49. The fourth-order valence-corrected chi connectivity index (χ4v) is 2.58. The third-order valence-electron chi connectivity index (χ3n) is 3.85. The van der Waals surface area contributed by atoms with E-state index in [1.165, 1.54) is 0 Å². The van der Waals surface area contributed by atoms with Gasteiger partial charge in [-0.05, 0) is 25.1 Å². The lowest BCUT2D eigenvalue weighted by Crippen LogP contribution is -2.50. The highest BCUT2D eigenvalue weighted by Crippen LogP contribution is 2.30.